The van der Waals surface area contributed by atoms with Gasteiger partial charge in [-0.15, -0.1) is 0 Å². The Bertz CT molecular complexity index is 700. The molecule has 0 aromatic rings. The Kier molecular flexibility index (Phi) is 16.6. The Labute approximate surface area is 220 Å². The van der Waals surface area contributed by atoms with Crippen molar-refractivity contribution >= 4 is 18.0 Å². The van der Waals surface area contributed by atoms with Crippen molar-refractivity contribution in [2.75, 3.05) is 52.8 Å². The van der Waals surface area contributed by atoms with E-state index in [4.69, 9.17) is 23.7 Å². The number of hydrogen-bond donors (Lipinski definition) is 3. The molecule has 11 nitrogen and oxygen atoms in total. The number of hydrogen-bond acceptors (Lipinski definition) is 8. The molecule has 1 rings (SSSR count). The third-order valence-electron chi connectivity index (χ3n) is 6.41. The van der Waals surface area contributed by atoms with Crippen molar-refractivity contribution in [1.29, 1.82) is 0 Å². The molecule has 2 amide bonds. The lowest BCUT2D eigenvalue weighted by Gasteiger charge is -2.35. The zero-order chi connectivity index (χ0) is 27.6. The minimum Gasteiger partial charge on any atom is -0.496 e. The summed E-state index contributed by atoms with van der Waals surface area (Å²) in [6, 6.07) is -0.256. The van der Waals surface area contributed by atoms with Gasteiger partial charge in [-0.1, -0.05) is 33.3 Å². The zero-order valence-electron chi connectivity index (χ0n) is 22.8. The van der Waals surface area contributed by atoms with Crippen LogP contribution in [0.15, 0.2) is 12.3 Å². The van der Waals surface area contributed by atoms with Crippen molar-refractivity contribution in [1.82, 2.24) is 10.6 Å². The highest BCUT2D eigenvalue weighted by molar-refractivity contribution is 5.74. The van der Waals surface area contributed by atoms with Gasteiger partial charge in [0.2, 0.25) is 5.91 Å². The standard InChI is InChI=1S/C26H46N2O9/c1-6-20(7-2)23(28-19(5)29)21-8-9-22(25(30)31)24(21)37-26(32)27-10-11-33-12-13-34-14-15-35-16-17-36-18(3)4/h20-24H,3,6-17H2,1-2,4-5H3,(H,27,32)(H,28,29)(H,30,31)/t21-,22+,23-,24+/m1/s1. The quantitative estimate of drug-likeness (QED) is 0.160. The summed E-state index contributed by atoms with van der Waals surface area (Å²) in [5.74, 6) is -1.44. The number of carbonyl (C=O) groups is 3. The van der Waals surface area contributed by atoms with Gasteiger partial charge in [0, 0.05) is 25.4 Å². The molecule has 1 saturated carbocycles. The molecule has 0 bridgehead atoms. The fraction of sp³-hybridized carbons (Fsp3) is 0.808. The number of ether oxygens (including phenoxy) is 5. The number of amides is 2. The van der Waals surface area contributed by atoms with Crippen LogP contribution in [0.3, 0.4) is 0 Å². The highest BCUT2D eigenvalue weighted by Crippen LogP contribution is 2.39. The summed E-state index contributed by atoms with van der Waals surface area (Å²) in [4.78, 5) is 36.2. The maximum Gasteiger partial charge on any atom is 0.407 e. The van der Waals surface area contributed by atoms with Crippen LogP contribution in [-0.4, -0.2) is 88.0 Å². The lowest BCUT2D eigenvalue weighted by atomic mass is 9.82. The Morgan fingerprint density at radius 2 is 1.49 bits per heavy atom. The summed E-state index contributed by atoms with van der Waals surface area (Å²) in [7, 11) is 0. The van der Waals surface area contributed by atoms with E-state index in [1.54, 1.807) is 6.92 Å². The molecule has 214 valence electrons. The number of carboxylic acid groups (broad SMARTS) is 1. The monoisotopic (exact) mass is 530 g/mol. The third kappa shape index (κ3) is 13.1. The van der Waals surface area contributed by atoms with Gasteiger partial charge in [0.1, 0.15) is 12.7 Å². The second-order valence-electron chi connectivity index (χ2n) is 9.17. The van der Waals surface area contributed by atoms with Crippen molar-refractivity contribution < 1.29 is 43.2 Å². The van der Waals surface area contributed by atoms with E-state index in [9.17, 15) is 19.5 Å². The van der Waals surface area contributed by atoms with E-state index >= 15 is 0 Å². The SMILES string of the molecule is C=C(C)OCCOCCOCCOCCNC(=O)O[C@H]1[C@@H]([C@H](NC(C)=O)C(CC)CC)CC[C@@H]1C(=O)O. The molecular formula is C26H46N2O9. The fourth-order valence-corrected chi connectivity index (χ4v) is 4.63. The van der Waals surface area contributed by atoms with Crippen LogP contribution in [0.1, 0.15) is 53.4 Å². The predicted octanol–water partition coefficient (Wildman–Crippen LogP) is 2.73. The van der Waals surface area contributed by atoms with Crippen LogP contribution < -0.4 is 10.6 Å². The first-order valence-electron chi connectivity index (χ1n) is 13.2. The van der Waals surface area contributed by atoms with E-state index in [0.717, 1.165) is 12.8 Å². The molecule has 0 radical (unpaired) electrons. The van der Waals surface area contributed by atoms with E-state index in [1.807, 2.05) is 13.8 Å². The minimum absolute atomic E-state index is 0.160. The summed E-state index contributed by atoms with van der Waals surface area (Å²) in [6.45, 7) is 14.0. The number of allylic oxidation sites excluding steroid dienone is 1. The molecule has 1 aliphatic carbocycles. The van der Waals surface area contributed by atoms with Gasteiger partial charge in [-0.3, -0.25) is 9.59 Å². The van der Waals surface area contributed by atoms with E-state index < -0.39 is 24.1 Å². The Morgan fingerprint density at radius 3 is 2.00 bits per heavy atom. The van der Waals surface area contributed by atoms with Gasteiger partial charge >= 0.3 is 12.1 Å². The van der Waals surface area contributed by atoms with Gasteiger partial charge in [0.25, 0.3) is 0 Å². The molecule has 1 aliphatic rings. The van der Waals surface area contributed by atoms with Crippen LogP contribution in [0.2, 0.25) is 0 Å². The number of aliphatic carboxylic acids is 1. The molecule has 37 heavy (non-hydrogen) atoms. The predicted molar refractivity (Wildman–Crippen MR) is 137 cm³/mol. The summed E-state index contributed by atoms with van der Waals surface area (Å²) < 4.78 is 27.0. The van der Waals surface area contributed by atoms with Crippen molar-refractivity contribution in [2.45, 2.75) is 65.5 Å². The summed E-state index contributed by atoms with van der Waals surface area (Å²) in [6.07, 6.45) is 1.10. The highest BCUT2D eigenvalue weighted by Gasteiger charge is 2.48. The Hall–Kier alpha value is -2.37. The molecule has 0 heterocycles. The van der Waals surface area contributed by atoms with Gasteiger partial charge in [-0.05, 0) is 25.7 Å². The minimum atomic E-state index is -1.000. The molecule has 0 aromatic heterocycles. The van der Waals surface area contributed by atoms with Gasteiger partial charge in [0.05, 0.1) is 51.3 Å². The van der Waals surface area contributed by atoms with E-state index in [2.05, 4.69) is 17.2 Å². The summed E-state index contributed by atoms with van der Waals surface area (Å²) in [5.41, 5.74) is 0. The third-order valence-corrected chi connectivity index (χ3v) is 6.41. The Balaban J connectivity index is 2.37. The van der Waals surface area contributed by atoms with Gasteiger partial charge in [-0.25, -0.2) is 4.79 Å². The van der Waals surface area contributed by atoms with E-state index in [-0.39, 0.29) is 36.9 Å². The molecule has 4 atom stereocenters. The normalized spacial score (nSPS) is 19.9. The van der Waals surface area contributed by atoms with Crippen molar-refractivity contribution in [3.05, 3.63) is 12.3 Å². The molecule has 0 spiro atoms. The summed E-state index contributed by atoms with van der Waals surface area (Å²) >= 11 is 0. The van der Waals surface area contributed by atoms with Crippen LogP contribution in [0.5, 0.6) is 0 Å². The fourth-order valence-electron chi connectivity index (χ4n) is 4.63. The average Bonchev–Trinajstić information content (AvgIpc) is 3.25. The first kappa shape index (κ1) is 32.7. The number of carboxylic acids is 1. The van der Waals surface area contributed by atoms with Crippen molar-refractivity contribution in [3.8, 4) is 0 Å². The second-order valence-corrected chi connectivity index (χ2v) is 9.17. The van der Waals surface area contributed by atoms with Gasteiger partial charge in [0.15, 0.2) is 0 Å². The molecule has 3 N–H and O–H groups in total. The number of carbonyl (C=O) groups excluding carboxylic acids is 2. The molecule has 0 unspecified atom stereocenters. The molecule has 0 aromatic carbocycles. The van der Waals surface area contributed by atoms with E-state index in [0.29, 0.717) is 58.2 Å². The molecule has 0 saturated heterocycles. The van der Waals surface area contributed by atoms with E-state index in [1.165, 1.54) is 6.92 Å². The lowest BCUT2D eigenvalue weighted by molar-refractivity contribution is -0.145. The second kappa shape index (κ2) is 18.8. The first-order valence-corrected chi connectivity index (χ1v) is 13.2. The molecule has 0 aliphatic heterocycles. The highest BCUT2D eigenvalue weighted by atomic mass is 16.6. The molecule has 11 heteroatoms. The van der Waals surface area contributed by atoms with Crippen molar-refractivity contribution in [2.24, 2.45) is 17.8 Å². The zero-order valence-corrected chi connectivity index (χ0v) is 22.8. The van der Waals surface area contributed by atoms with Crippen LogP contribution in [0, 0.1) is 17.8 Å². The average molecular weight is 531 g/mol. The van der Waals surface area contributed by atoms with Crippen LogP contribution in [-0.2, 0) is 33.3 Å². The summed E-state index contributed by atoms with van der Waals surface area (Å²) in [5, 5.41) is 15.3. The maximum absolute atomic E-state index is 12.5. The topological polar surface area (TPSA) is 142 Å². The van der Waals surface area contributed by atoms with Crippen LogP contribution in [0.4, 0.5) is 4.79 Å². The maximum atomic E-state index is 12.5. The first-order chi connectivity index (χ1) is 17.7. The van der Waals surface area contributed by atoms with Crippen LogP contribution >= 0.6 is 0 Å². The lowest BCUT2D eigenvalue weighted by Crippen LogP contribution is -2.49. The molecular weight excluding hydrogens is 484 g/mol. The smallest absolute Gasteiger partial charge is 0.407 e. The number of nitrogens with one attached hydrogen (secondary N) is 2. The number of alkyl carbamates (subject to hydrolysis) is 1. The van der Waals surface area contributed by atoms with Crippen LogP contribution in [0.25, 0.3) is 0 Å². The van der Waals surface area contributed by atoms with Crippen molar-refractivity contribution in [3.63, 3.8) is 0 Å². The van der Waals surface area contributed by atoms with Gasteiger partial charge in [-0.2, -0.15) is 0 Å². The van der Waals surface area contributed by atoms with Gasteiger partial charge < -0.3 is 39.4 Å². The number of rotatable bonds is 20. The Morgan fingerprint density at radius 1 is 0.919 bits per heavy atom. The largest absolute Gasteiger partial charge is 0.496 e. The molecule has 1 fully saturated rings.